The Morgan fingerprint density at radius 3 is 2.32 bits per heavy atom. The maximum Gasteiger partial charge on any atom is 0.188 e. The number of carbonyl (C=O) groups is 1. The molecule has 176 valence electrons. The third kappa shape index (κ3) is 3.87. The minimum atomic E-state index is -1.08. The van der Waals surface area contributed by atoms with Crippen LogP contribution in [0, 0.1) is 32.4 Å². The molecule has 1 atom stereocenters. The van der Waals surface area contributed by atoms with Gasteiger partial charge in [0.05, 0.1) is 0 Å². The monoisotopic (exact) mass is 460 g/mol. The first-order valence-corrected chi connectivity index (χ1v) is 11.9. The summed E-state index contributed by atoms with van der Waals surface area (Å²) in [4.78, 5) is 18.4. The lowest BCUT2D eigenvalue weighted by Crippen LogP contribution is -2.58. The summed E-state index contributed by atoms with van der Waals surface area (Å²) in [5.41, 5.74) is 4.99. The van der Waals surface area contributed by atoms with Crippen molar-refractivity contribution in [3.05, 3.63) is 105 Å². The zero-order valence-corrected chi connectivity index (χ0v) is 20.0. The lowest BCUT2D eigenvalue weighted by Gasteiger charge is -2.45. The molecule has 1 aliphatic carbocycles. The number of piperazine rings is 1. The lowest BCUT2D eigenvalue weighted by molar-refractivity contribution is 0.0285. The Hall–Kier alpha value is -2.89. The zero-order chi connectivity index (χ0) is 24.0. The van der Waals surface area contributed by atoms with E-state index in [1.807, 2.05) is 13.0 Å². The number of hydrogen-bond donors (Lipinski definition) is 0. The SMILES string of the molecule is Cc1cc(F)cc(C2(N3CCN(Cc4ccc(C)cc4C)CC3)Cc3c(F)cccc3C2=O)c1. The third-order valence-electron chi connectivity index (χ3n) is 7.50. The van der Waals surface area contributed by atoms with Crippen molar-refractivity contribution in [2.24, 2.45) is 0 Å². The molecular formula is C29H30F2N2O. The summed E-state index contributed by atoms with van der Waals surface area (Å²) in [6.45, 7) is 9.81. The number of ketones is 1. The zero-order valence-electron chi connectivity index (χ0n) is 20.0. The molecular weight excluding hydrogens is 430 g/mol. The predicted molar refractivity (Wildman–Crippen MR) is 130 cm³/mol. The van der Waals surface area contributed by atoms with Gasteiger partial charge in [-0.1, -0.05) is 42.0 Å². The van der Waals surface area contributed by atoms with Crippen LogP contribution < -0.4 is 0 Å². The van der Waals surface area contributed by atoms with Crippen molar-refractivity contribution in [2.45, 2.75) is 39.3 Å². The fraction of sp³-hybridized carbons (Fsp3) is 0.345. The molecule has 3 nitrogen and oxygen atoms in total. The van der Waals surface area contributed by atoms with Gasteiger partial charge in [0.2, 0.25) is 0 Å². The summed E-state index contributed by atoms with van der Waals surface area (Å²) in [6.07, 6.45) is 0.230. The number of carbonyl (C=O) groups excluding carboxylic acids is 1. The quantitative estimate of drug-likeness (QED) is 0.525. The molecule has 1 heterocycles. The predicted octanol–water partition coefficient (Wildman–Crippen LogP) is 5.34. The maximum absolute atomic E-state index is 14.8. The van der Waals surface area contributed by atoms with Crippen LogP contribution in [0.3, 0.4) is 0 Å². The second-order valence-corrected chi connectivity index (χ2v) is 9.84. The Kier molecular flexibility index (Phi) is 5.86. The summed E-state index contributed by atoms with van der Waals surface area (Å²) in [7, 11) is 0. The highest BCUT2D eigenvalue weighted by atomic mass is 19.1. The number of aryl methyl sites for hydroxylation is 3. The van der Waals surface area contributed by atoms with Crippen LogP contribution in [-0.4, -0.2) is 41.8 Å². The lowest BCUT2D eigenvalue weighted by atomic mass is 9.82. The Balaban J connectivity index is 1.46. The summed E-state index contributed by atoms with van der Waals surface area (Å²) in [6, 6.07) is 16.0. The van der Waals surface area contributed by atoms with E-state index in [0.717, 1.165) is 25.2 Å². The van der Waals surface area contributed by atoms with Gasteiger partial charge in [-0.25, -0.2) is 8.78 Å². The highest BCUT2D eigenvalue weighted by molar-refractivity contribution is 6.08. The van der Waals surface area contributed by atoms with E-state index in [1.165, 1.54) is 34.9 Å². The van der Waals surface area contributed by atoms with Gasteiger partial charge in [-0.3, -0.25) is 14.6 Å². The number of fused-ring (bicyclic) bond motifs is 1. The van der Waals surface area contributed by atoms with Gasteiger partial charge in [0.15, 0.2) is 5.78 Å². The molecule has 5 heteroatoms. The summed E-state index contributed by atoms with van der Waals surface area (Å²) < 4.78 is 29.3. The normalized spacial score (nSPS) is 21.1. The van der Waals surface area contributed by atoms with Crippen molar-refractivity contribution in [3.8, 4) is 0 Å². The molecule has 34 heavy (non-hydrogen) atoms. The fourth-order valence-corrected chi connectivity index (χ4v) is 5.71. The van der Waals surface area contributed by atoms with Crippen LogP contribution in [0.25, 0.3) is 0 Å². The Bertz CT molecular complexity index is 1240. The molecule has 0 bridgehead atoms. The molecule has 5 rings (SSSR count). The molecule has 1 unspecified atom stereocenters. The van der Waals surface area contributed by atoms with E-state index in [4.69, 9.17) is 0 Å². The first-order valence-electron chi connectivity index (χ1n) is 11.9. The van der Waals surface area contributed by atoms with E-state index >= 15 is 0 Å². The van der Waals surface area contributed by atoms with Crippen molar-refractivity contribution in [3.63, 3.8) is 0 Å². The van der Waals surface area contributed by atoms with E-state index < -0.39 is 5.54 Å². The average Bonchev–Trinajstić information content (AvgIpc) is 3.10. The maximum atomic E-state index is 14.8. The standard InChI is InChI=1S/C29H30F2N2O/c1-19-7-8-22(21(3)13-19)18-32-9-11-33(12-10-32)29(23-14-20(2)15-24(30)16-23)17-26-25(28(29)34)5-4-6-27(26)31/h4-8,13-16H,9-12,17-18H2,1-3H3. The molecule has 0 radical (unpaired) electrons. The van der Waals surface area contributed by atoms with Gasteiger partial charge in [0.1, 0.15) is 17.2 Å². The Morgan fingerprint density at radius 1 is 0.882 bits per heavy atom. The summed E-state index contributed by atoms with van der Waals surface area (Å²) in [5, 5.41) is 0. The highest BCUT2D eigenvalue weighted by Gasteiger charge is 2.52. The van der Waals surface area contributed by atoms with E-state index in [1.54, 1.807) is 12.1 Å². The van der Waals surface area contributed by atoms with Crippen molar-refractivity contribution in [1.82, 2.24) is 9.80 Å². The first kappa shape index (κ1) is 22.9. The molecule has 3 aromatic rings. The minimum absolute atomic E-state index is 0.130. The van der Waals surface area contributed by atoms with Crippen molar-refractivity contribution in [2.75, 3.05) is 26.2 Å². The molecule has 0 amide bonds. The van der Waals surface area contributed by atoms with Gasteiger partial charge in [-0.15, -0.1) is 0 Å². The van der Waals surface area contributed by atoms with E-state index in [0.29, 0.717) is 29.8 Å². The number of benzene rings is 3. The van der Waals surface area contributed by atoms with E-state index in [2.05, 4.69) is 41.8 Å². The van der Waals surface area contributed by atoms with Gasteiger partial charge in [-0.2, -0.15) is 0 Å². The van der Waals surface area contributed by atoms with Crippen LogP contribution in [0.15, 0.2) is 54.6 Å². The average molecular weight is 461 g/mol. The number of rotatable bonds is 4. The molecule has 0 saturated carbocycles. The summed E-state index contributed by atoms with van der Waals surface area (Å²) >= 11 is 0. The number of halogens is 2. The van der Waals surface area contributed by atoms with Gasteiger partial charge >= 0.3 is 0 Å². The second kappa shape index (κ2) is 8.71. The molecule has 1 saturated heterocycles. The fourth-order valence-electron chi connectivity index (χ4n) is 5.71. The van der Waals surface area contributed by atoms with Crippen LogP contribution in [0.5, 0.6) is 0 Å². The topological polar surface area (TPSA) is 23.6 Å². The highest BCUT2D eigenvalue weighted by Crippen LogP contribution is 2.44. The van der Waals surface area contributed by atoms with Crippen molar-refractivity contribution in [1.29, 1.82) is 0 Å². The second-order valence-electron chi connectivity index (χ2n) is 9.84. The van der Waals surface area contributed by atoms with Crippen LogP contribution in [0.1, 0.15) is 43.7 Å². The number of Topliss-reactive ketones (excluding diaryl/α,β-unsaturated/α-hetero) is 1. The molecule has 0 aromatic heterocycles. The summed E-state index contributed by atoms with van der Waals surface area (Å²) in [5.74, 6) is -0.865. The molecule has 2 aliphatic rings. The number of hydrogen-bond acceptors (Lipinski definition) is 3. The Labute approximate surface area is 200 Å². The van der Waals surface area contributed by atoms with Gasteiger partial charge in [-0.05, 0) is 61.2 Å². The van der Waals surface area contributed by atoms with Crippen LogP contribution in [0.2, 0.25) is 0 Å². The first-order chi connectivity index (χ1) is 16.3. The molecule has 3 aromatic carbocycles. The molecule has 0 N–H and O–H groups in total. The van der Waals surface area contributed by atoms with Crippen molar-refractivity contribution < 1.29 is 13.6 Å². The van der Waals surface area contributed by atoms with Crippen LogP contribution in [-0.2, 0) is 18.5 Å². The number of nitrogens with zero attached hydrogens (tertiary/aromatic N) is 2. The Morgan fingerprint density at radius 2 is 1.65 bits per heavy atom. The van der Waals surface area contributed by atoms with Crippen molar-refractivity contribution >= 4 is 5.78 Å². The van der Waals surface area contributed by atoms with E-state index in [-0.39, 0.29) is 23.8 Å². The smallest absolute Gasteiger partial charge is 0.188 e. The third-order valence-corrected chi connectivity index (χ3v) is 7.50. The van der Waals surface area contributed by atoms with Crippen LogP contribution >= 0.6 is 0 Å². The molecule has 1 fully saturated rings. The largest absolute Gasteiger partial charge is 0.297 e. The minimum Gasteiger partial charge on any atom is -0.297 e. The molecule has 1 aliphatic heterocycles. The van der Waals surface area contributed by atoms with Gasteiger partial charge in [0.25, 0.3) is 0 Å². The van der Waals surface area contributed by atoms with E-state index in [9.17, 15) is 13.6 Å². The van der Waals surface area contributed by atoms with Gasteiger partial charge < -0.3 is 0 Å². The van der Waals surface area contributed by atoms with Gasteiger partial charge in [0, 0.05) is 50.3 Å². The van der Waals surface area contributed by atoms with Crippen LogP contribution in [0.4, 0.5) is 8.78 Å². The molecule has 0 spiro atoms.